The lowest BCUT2D eigenvalue weighted by atomic mass is 10.0. The number of aromatic carboxylic acids is 1. The second-order valence-electron chi connectivity index (χ2n) is 3.88. The summed E-state index contributed by atoms with van der Waals surface area (Å²) in [6, 6.07) is 5.11. The maximum absolute atomic E-state index is 11.4. The molecule has 0 aliphatic heterocycles. The zero-order valence-corrected chi connectivity index (χ0v) is 10.2. The highest BCUT2D eigenvalue weighted by molar-refractivity contribution is 6.31. The highest BCUT2D eigenvalue weighted by Gasteiger charge is 2.15. The van der Waals surface area contributed by atoms with Crippen LogP contribution >= 0.6 is 11.6 Å². The fraction of sp³-hybridized carbons (Fsp3) is 0.231. The molecule has 0 radical (unpaired) electrons. The monoisotopic (exact) mass is 249 g/mol. The maximum Gasteiger partial charge on any atom is 0.336 e. The molecule has 0 saturated heterocycles. The van der Waals surface area contributed by atoms with E-state index in [-0.39, 0.29) is 0 Å². The third-order valence-corrected chi connectivity index (χ3v) is 2.88. The molecule has 0 amide bonds. The van der Waals surface area contributed by atoms with Crippen LogP contribution in [0.2, 0.25) is 5.02 Å². The predicted octanol–water partition coefficient (Wildman–Crippen LogP) is 3.54. The molecular weight excluding hydrogens is 238 g/mol. The van der Waals surface area contributed by atoms with Gasteiger partial charge in [-0.25, -0.2) is 4.79 Å². The molecule has 4 heteroatoms. The number of aromatic nitrogens is 1. The molecule has 0 unspecified atom stereocenters. The molecule has 3 nitrogen and oxygen atoms in total. The van der Waals surface area contributed by atoms with Crippen molar-refractivity contribution >= 4 is 28.5 Å². The lowest BCUT2D eigenvalue weighted by Gasteiger charge is -2.08. The van der Waals surface area contributed by atoms with Crippen LogP contribution in [0.4, 0.5) is 0 Å². The third-order valence-electron chi connectivity index (χ3n) is 2.64. The Morgan fingerprint density at radius 3 is 2.88 bits per heavy atom. The highest BCUT2D eigenvalue weighted by Crippen LogP contribution is 2.24. The van der Waals surface area contributed by atoms with E-state index in [0.717, 1.165) is 12.0 Å². The van der Waals surface area contributed by atoms with Gasteiger partial charge < -0.3 is 5.11 Å². The van der Waals surface area contributed by atoms with Crippen molar-refractivity contribution in [3.8, 4) is 0 Å². The SMILES string of the molecule is CCCc1cnc2ccc(Cl)cc2c1C(=O)O. The number of fused-ring (bicyclic) bond motifs is 1. The summed E-state index contributed by atoms with van der Waals surface area (Å²) in [6.45, 7) is 2.01. The van der Waals surface area contributed by atoms with Crippen LogP contribution in [0.5, 0.6) is 0 Å². The second kappa shape index (κ2) is 4.72. The summed E-state index contributed by atoms with van der Waals surface area (Å²) in [5.74, 6) is -0.928. The number of rotatable bonds is 3. The number of carbonyl (C=O) groups is 1. The van der Waals surface area contributed by atoms with Crippen molar-refractivity contribution in [1.29, 1.82) is 0 Å². The van der Waals surface area contributed by atoms with Gasteiger partial charge in [0.25, 0.3) is 0 Å². The topological polar surface area (TPSA) is 50.2 Å². The largest absolute Gasteiger partial charge is 0.478 e. The van der Waals surface area contributed by atoms with Crippen molar-refractivity contribution in [1.82, 2.24) is 4.98 Å². The first-order valence-electron chi connectivity index (χ1n) is 5.44. The molecule has 1 heterocycles. The number of aryl methyl sites for hydroxylation is 1. The summed E-state index contributed by atoms with van der Waals surface area (Å²) < 4.78 is 0. The lowest BCUT2D eigenvalue weighted by Crippen LogP contribution is -2.04. The van der Waals surface area contributed by atoms with Gasteiger partial charge in [0.2, 0.25) is 0 Å². The molecule has 0 spiro atoms. The average Bonchev–Trinajstić information content (AvgIpc) is 2.28. The van der Waals surface area contributed by atoms with E-state index >= 15 is 0 Å². The van der Waals surface area contributed by atoms with Crippen molar-refractivity contribution in [3.63, 3.8) is 0 Å². The van der Waals surface area contributed by atoms with Crippen LogP contribution in [0.3, 0.4) is 0 Å². The molecule has 1 aromatic carbocycles. The summed E-state index contributed by atoms with van der Waals surface area (Å²) in [6.07, 6.45) is 3.23. The fourth-order valence-electron chi connectivity index (χ4n) is 1.92. The minimum Gasteiger partial charge on any atom is -0.478 e. The Labute approximate surface area is 104 Å². The minimum atomic E-state index is -0.928. The predicted molar refractivity (Wildman–Crippen MR) is 67.7 cm³/mol. The molecule has 0 bridgehead atoms. The first-order chi connectivity index (χ1) is 8.13. The summed E-state index contributed by atoms with van der Waals surface area (Å²) >= 11 is 5.90. The summed E-state index contributed by atoms with van der Waals surface area (Å²) in [5, 5.41) is 10.4. The van der Waals surface area contributed by atoms with Gasteiger partial charge >= 0.3 is 5.97 Å². The first kappa shape index (κ1) is 11.9. The minimum absolute atomic E-state index is 0.319. The van der Waals surface area contributed by atoms with Gasteiger partial charge in [-0.1, -0.05) is 24.9 Å². The number of nitrogens with zero attached hydrogens (tertiary/aromatic N) is 1. The smallest absolute Gasteiger partial charge is 0.336 e. The Morgan fingerprint density at radius 1 is 1.47 bits per heavy atom. The molecule has 0 aliphatic rings. The van der Waals surface area contributed by atoms with Crippen LogP contribution in [-0.4, -0.2) is 16.1 Å². The molecule has 0 atom stereocenters. The van der Waals surface area contributed by atoms with Crippen LogP contribution in [0.15, 0.2) is 24.4 Å². The molecule has 2 aromatic rings. The van der Waals surface area contributed by atoms with Crippen LogP contribution in [-0.2, 0) is 6.42 Å². The van der Waals surface area contributed by atoms with Crippen LogP contribution in [0.25, 0.3) is 10.9 Å². The van der Waals surface area contributed by atoms with Crippen LogP contribution < -0.4 is 0 Å². The number of pyridine rings is 1. The van der Waals surface area contributed by atoms with E-state index in [9.17, 15) is 9.90 Å². The maximum atomic E-state index is 11.4. The number of benzene rings is 1. The van der Waals surface area contributed by atoms with E-state index in [1.54, 1.807) is 24.4 Å². The molecular formula is C13H12ClNO2. The van der Waals surface area contributed by atoms with E-state index in [4.69, 9.17) is 11.6 Å². The highest BCUT2D eigenvalue weighted by atomic mass is 35.5. The summed E-state index contributed by atoms with van der Waals surface area (Å²) in [4.78, 5) is 15.6. The molecule has 1 aromatic heterocycles. The zero-order valence-electron chi connectivity index (χ0n) is 9.40. The average molecular weight is 250 g/mol. The number of carboxylic acids is 1. The van der Waals surface area contributed by atoms with Gasteiger partial charge in [0.05, 0.1) is 11.1 Å². The van der Waals surface area contributed by atoms with E-state index in [0.29, 0.717) is 27.9 Å². The first-order valence-corrected chi connectivity index (χ1v) is 5.81. The van der Waals surface area contributed by atoms with Crippen LogP contribution in [0, 0.1) is 0 Å². The Kier molecular flexibility index (Phi) is 3.29. The molecule has 0 aliphatic carbocycles. The zero-order chi connectivity index (χ0) is 12.4. The summed E-state index contributed by atoms with van der Waals surface area (Å²) in [7, 11) is 0. The molecule has 0 fully saturated rings. The number of halogens is 1. The normalized spacial score (nSPS) is 10.7. The fourth-order valence-corrected chi connectivity index (χ4v) is 2.09. The standard InChI is InChI=1S/C13H12ClNO2/c1-2-3-8-7-15-11-5-4-9(14)6-10(11)12(8)13(16)17/h4-7H,2-3H2,1H3,(H,16,17). The van der Waals surface area contributed by atoms with E-state index in [1.165, 1.54) is 0 Å². The van der Waals surface area contributed by atoms with Gasteiger partial charge in [-0.2, -0.15) is 0 Å². The quantitative estimate of drug-likeness (QED) is 0.905. The second-order valence-corrected chi connectivity index (χ2v) is 4.31. The third kappa shape index (κ3) is 2.24. The van der Waals surface area contributed by atoms with Crippen molar-refractivity contribution in [2.24, 2.45) is 0 Å². The Hall–Kier alpha value is -1.61. The van der Waals surface area contributed by atoms with E-state index < -0.39 is 5.97 Å². The van der Waals surface area contributed by atoms with E-state index in [1.807, 2.05) is 6.92 Å². The van der Waals surface area contributed by atoms with Crippen molar-refractivity contribution in [3.05, 3.63) is 40.5 Å². The molecule has 0 saturated carbocycles. The lowest BCUT2D eigenvalue weighted by molar-refractivity contribution is 0.0698. The number of hydrogen-bond donors (Lipinski definition) is 1. The van der Waals surface area contributed by atoms with Gasteiger partial charge in [-0.05, 0) is 30.2 Å². The van der Waals surface area contributed by atoms with Gasteiger partial charge in [-0.15, -0.1) is 0 Å². The number of hydrogen-bond acceptors (Lipinski definition) is 2. The van der Waals surface area contributed by atoms with Crippen molar-refractivity contribution in [2.45, 2.75) is 19.8 Å². The summed E-state index contributed by atoms with van der Waals surface area (Å²) in [5.41, 5.74) is 1.74. The molecule has 17 heavy (non-hydrogen) atoms. The van der Waals surface area contributed by atoms with E-state index in [2.05, 4.69) is 4.98 Å². The van der Waals surface area contributed by atoms with Gasteiger partial charge in [0.15, 0.2) is 0 Å². The Morgan fingerprint density at radius 2 is 2.24 bits per heavy atom. The van der Waals surface area contributed by atoms with Gasteiger partial charge in [-0.3, -0.25) is 4.98 Å². The Bertz CT molecular complexity index is 581. The van der Waals surface area contributed by atoms with Crippen molar-refractivity contribution in [2.75, 3.05) is 0 Å². The van der Waals surface area contributed by atoms with Crippen LogP contribution in [0.1, 0.15) is 29.3 Å². The van der Waals surface area contributed by atoms with Crippen molar-refractivity contribution < 1.29 is 9.90 Å². The number of carboxylic acid groups (broad SMARTS) is 1. The molecule has 88 valence electrons. The van der Waals surface area contributed by atoms with Gasteiger partial charge in [0, 0.05) is 16.6 Å². The van der Waals surface area contributed by atoms with Gasteiger partial charge in [0.1, 0.15) is 0 Å². The molecule has 1 N–H and O–H groups in total. The Balaban J connectivity index is 2.77. The molecule has 2 rings (SSSR count).